The molecular weight excluding hydrogens is 323 g/mol. The van der Waals surface area contributed by atoms with E-state index in [1.54, 1.807) is 6.92 Å². The minimum Gasteiger partial charge on any atom is -0.480 e. The maximum atomic E-state index is 12.6. The lowest BCUT2D eigenvalue weighted by Crippen LogP contribution is -2.60. The first kappa shape index (κ1) is 18.3. The summed E-state index contributed by atoms with van der Waals surface area (Å²) < 4.78 is 37.7. The van der Waals surface area contributed by atoms with Gasteiger partial charge in [0.05, 0.1) is 5.56 Å². The third kappa shape index (κ3) is 3.88. The van der Waals surface area contributed by atoms with Crippen LogP contribution in [0.2, 0.25) is 0 Å². The first-order chi connectivity index (χ1) is 11.2. The van der Waals surface area contributed by atoms with E-state index in [1.807, 2.05) is 0 Å². The van der Waals surface area contributed by atoms with Crippen LogP contribution < -0.4 is 5.32 Å². The van der Waals surface area contributed by atoms with Gasteiger partial charge in [0.25, 0.3) is 0 Å². The van der Waals surface area contributed by atoms with Crippen molar-refractivity contribution in [3.05, 3.63) is 35.4 Å². The van der Waals surface area contributed by atoms with Crippen LogP contribution >= 0.6 is 0 Å². The van der Waals surface area contributed by atoms with E-state index in [0.29, 0.717) is 24.8 Å². The van der Waals surface area contributed by atoms with E-state index in [0.717, 1.165) is 18.6 Å². The SMILES string of the molecule is CCC(Cc1ccc(C(F)(F)F)cc1)C(=O)NC1(C(=O)O)CCC1. The average Bonchev–Trinajstić information content (AvgIpc) is 2.47. The second-order valence-corrected chi connectivity index (χ2v) is 6.23. The zero-order chi connectivity index (χ0) is 18.0. The van der Waals surface area contributed by atoms with Crippen LogP contribution in [-0.2, 0) is 22.2 Å². The number of aliphatic carboxylic acids is 1. The number of hydrogen-bond acceptors (Lipinski definition) is 2. The van der Waals surface area contributed by atoms with E-state index in [4.69, 9.17) is 0 Å². The molecule has 2 N–H and O–H groups in total. The third-order valence-corrected chi connectivity index (χ3v) is 4.61. The molecule has 1 aromatic rings. The average molecular weight is 343 g/mol. The maximum absolute atomic E-state index is 12.6. The summed E-state index contributed by atoms with van der Waals surface area (Å²) in [5, 5.41) is 11.9. The monoisotopic (exact) mass is 343 g/mol. The van der Waals surface area contributed by atoms with Gasteiger partial charge in [-0.1, -0.05) is 19.1 Å². The highest BCUT2D eigenvalue weighted by Gasteiger charge is 2.46. The summed E-state index contributed by atoms with van der Waals surface area (Å²) in [5.41, 5.74) is -1.30. The van der Waals surface area contributed by atoms with Gasteiger partial charge in [-0.2, -0.15) is 13.2 Å². The highest BCUT2D eigenvalue weighted by Crippen LogP contribution is 2.33. The Kier molecular flexibility index (Phi) is 5.20. The fourth-order valence-corrected chi connectivity index (χ4v) is 2.80. The number of rotatable bonds is 6. The second-order valence-electron chi connectivity index (χ2n) is 6.23. The number of amides is 1. The van der Waals surface area contributed by atoms with Crippen molar-refractivity contribution in [3.8, 4) is 0 Å². The molecule has 7 heteroatoms. The Bertz CT molecular complexity index is 607. The van der Waals surface area contributed by atoms with E-state index in [1.165, 1.54) is 12.1 Å². The highest BCUT2D eigenvalue weighted by atomic mass is 19.4. The van der Waals surface area contributed by atoms with Gasteiger partial charge in [0.2, 0.25) is 5.91 Å². The lowest BCUT2D eigenvalue weighted by Gasteiger charge is -2.39. The summed E-state index contributed by atoms with van der Waals surface area (Å²) in [4.78, 5) is 23.7. The molecule has 1 atom stereocenters. The number of nitrogens with one attached hydrogen (secondary N) is 1. The smallest absolute Gasteiger partial charge is 0.416 e. The lowest BCUT2D eigenvalue weighted by atomic mass is 9.76. The van der Waals surface area contributed by atoms with Gasteiger partial charge in [0.15, 0.2) is 0 Å². The molecule has 2 rings (SSSR count). The Hall–Kier alpha value is -2.05. The van der Waals surface area contributed by atoms with Crippen LogP contribution in [0.25, 0.3) is 0 Å². The topological polar surface area (TPSA) is 66.4 Å². The summed E-state index contributed by atoms with van der Waals surface area (Å²) in [6, 6.07) is 4.69. The van der Waals surface area contributed by atoms with Crippen LogP contribution in [-0.4, -0.2) is 22.5 Å². The summed E-state index contributed by atoms with van der Waals surface area (Å²) in [5.74, 6) is -1.87. The van der Waals surface area contributed by atoms with Crippen molar-refractivity contribution in [3.63, 3.8) is 0 Å². The van der Waals surface area contributed by atoms with Crippen LogP contribution in [0, 0.1) is 5.92 Å². The van der Waals surface area contributed by atoms with Gasteiger partial charge in [-0.25, -0.2) is 4.79 Å². The van der Waals surface area contributed by atoms with Crippen molar-refractivity contribution >= 4 is 11.9 Å². The number of carbonyl (C=O) groups is 2. The van der Waals surface area contributed by atoms with Crippen molar-refractivity contribution in [1.82, 2.24) is 5.32 Å². The normalized spacial score (nSPS) is 17.7. The molecule has 0 heterocycles. The quantitative estimate of drug-likeness (QED) is 0.832. The molecule has 0 aromatic heterocycles. The Labute approximate surface area is 138 Å². The summed E-state index contributed by atoms with van der Waals surface area (Å²) in [6.07, 6.45) is -2.07. The molecule has 1 aliphatic rings. The van der Waals surface area contributed by atoms with Gasteiger partial charge in [-0.3, -0.25) is 4.79 Å². The third-order valence-electron chi connectivity index (χ3n) is 4.61. The zero-order valence-electron chi connectivity index (χ0n) is 13.3. The lowest BCUT2D eigenvalue weighted by molar-refractivity contribution is -0.152. The molecule has 1 unspecified atom stereocenters. The predicted octanol–water partition coefficient (Wildman–Crippen LogP) is 3.40. The van der Waals surface area contributed by atoms with Crippen LogP contribution in [0.5, 0.6) is 0 Å². The van der Waals surface area contributed by atoms with Crippen molar-refractivity contribution in [2.75, 3.05) is 0 Å². The van der Waals surface area contributed by atoms with Gasteiger partial charge >= 0.3 is 12.1 Å². The van der Waals surface area contributed by atoms with Crippen molar-refractivity contribution in [1.29, 1.82) is 0 Å². The van der Waals surface area contributed by atoms with Gasteiger partial charge in [-0.05, 0) is 49.8 Å². The summed E-state index contributed by atoms with van der Waals surface area (Å²) in [7, 11) is 0. The number of hydrogen-bond donors (Lipinski definition) is 2. The number of carboxylic acids is 1. The maximum Gasteiger partial charge on any atom is 0.416 e. The molecule has 0 bridgehead atoms. The van der Waals surface area contributed by atoms with E-state index in [-0.39, 0.29) is 12.3 Å². The molecule has 1 amide bonds. The number of carboxylic acid groups (broad SMARTS) is 1. The van der Waals surface area contributed by atoms with Crippen LogP contribution in [0.1, 0.15) is 43.7 Å². The van der Waals surface area contributed by atoms with Crippen molar-refractivity contribution in [2.24, 2.45) is 5.92 Å². The largest absolute Gasteiger partial charge is 0.480 e. The molecule has 132 valence electrons. The second kappa shape index (κ2) is 6.83. The Balaban J connectivity index is 2.03. The molecule has 0 saturated heterocycles. The van der Waals surface area contributed by atoms with E-state index in [9.17, 15) is 27.9 Å². The number of halogens is 3. The van der Waals surface area contributed by atoms with Gasteiger partial charge in [0.1, 0.15) is 5.54 Å². The van der Waals surface area contributed by atoms with Gasteiger partial charge in [-0.15, -0.1) is 0 Å². The minimum absolute atomic E-state index is 0.274. The van der Waals surface area contributed by atoms with Gasteiger partial charge in [0, 0.05) is 5.92 Å². The summed E-state index contributed by atoms with van der Waals surface area (Å²) >= 11 is 0. The molecule has 0 aliphatic heterocycles. The van der Waals surface area contributed by atoms with E-state index in [2.05, 4.69) is 5.32 Å². The molecular formula is C17H20F3NO3. The molecule has 24 heavy (non-hydrogen) atoms. The zero-order valence-corrected chi connectivity index (χ0v) is 13.3. The molecule has 0 spiro atoms. The highest BCUT2D eigenvalue weighted by molar-refractivity contribution is 5.89. The van der Waals surface area contributed by atoms with E-state index < -0.39 is 29.2 Å². The fraction of sp³-hybridized carbons (Fsp3) is 0.529. The Morgan fingerprint density at radius 1 is 1.25 bits per heavy atom. The first-order valence-corrected chi connectivity index (χ1v) is 7.89. The fourth-order valence-electron chi connectivity index (χ4n) is 2.80. The summed E-state index contributed by atoms with van der Waals surface area (Å²) in [6.45, 7) is 1.79. The molecule has 0 radical (unpaired) electrons. The van der Waals surface area contributed by atoms with Crippen molar-refractivity contribution < 1.29 is 27.9 Å². The molecule has 4 nitrogen and oxygen atoms in total. The van der Waals surface area contributed by atoms with E-state index >= 15 is 0 Å². The molecule has 1 aliphatic carbocycles. The van der Waals surface area contributed by atoms with Gasteiger partial charge < -0.3 is 10.4 Å². The number of benzene rings is 1. The molecule has 1 fully saturated rings. The minimum atomic E-state index is -4.39. The number of carbonyl (C=O) groups excluding carboxylic acids is 1. The van der Waals surface area contributed by atoms with Crippen molar-refractivity contribution in [2.45, 2.75) is 50.7 Å². The molecule has 1 aromatic carbocycles. The van der Waals surface area contributed by atoms with Crippen LogP contribution in [0.4, 0.5) is 13.2 Å². The first-order valence-electron chi connectivity index (χ1n) is 7.89. The Morgan fingerprint density at radius 2 is 1.83 bits per heavy atom. The molecule has 1 saturated carbocycles. The predicted molar refractivity (Wildman–Crippen MR) is 81.3 cm³/mol. The van der Waals surface area contributed by atoms with Crippen LogP contribution in [0.15, 0.2) is 24.3 Å². The standard InChI is InChI=1S/C17H20F3NO3/c1-2-12(14(22)21-16(15(23)24)8-3-9-16)10-11-4-6-13(7-5-11)17(18,19)20/h4-7,12H,2-3,8-10H2,1H3,(H,21,22)(H,23,24). The Morgan fingerprint density at radius 3 is 2.21 bits per heavy atom. The van der Waals surface area contributed by atoms with Crippen LogP contribution in [0.3, 0.4) is 0 Å². The number of alkyl halides is 3.